The summed E-state index contributed by atoms with van der Waals surface area (Å²) in [5, 5.41) is 6.99. The molecule has 14 heavy (non-hydrogen) atoms. The quantitative estimate of drug-likeness (QED) is 0.651. The molecule has 0 aromatic rings. The highest BCUT2D eigenvalue weighted by Crippen LogP contribution is 2.06. The van der Waals surface area contributed by atoms with Crippen molar-refractivity contribution in [1.82, 2.24) is 10.6 Å². The minimum absolute atomic E-state index is 0.659. The van der Waals surface area contributed by atoms with E-state index in [9.17, 15) is 0 Å². The van der Waals surface area contributed by atoms with E-state index in [1.54, 1.807) is 0 Å². The highest BCUT2D eigenvalue weighted by Gasteiger charge is 2.12. The standard InChI is InChI=1S/C11H20N2O/c1-4-11(8-12-5-1)13-7-10-3-2-6-14-9-10/h3,11-13H,1-2,4-9H2. The summed E-state index contributed by atoms with van der Waals surface area (Å²) >= 11 is 0. The van der Waals surface area contributed by atoms with E-state index < -0.39 is 0 Å². The second-order valence-electron chi connectivity index (χ2n) is 4.13. The zero-order chi connectivity index (χ0) is 9.64. The van der Waals surface area contributed by atoms with Gasteiger partial charge in [-0.25, -0.2) is 0 Å². The van der Waals surface area contributed by atoms with Crippen LogP contribution in [0.3, 0.4) is 0 Å². The first kappa shape index (κ1) is 10.1. The molecule has 0 saturated carbocycles. The Kier molecular flexibility index (Phi) is 3.98. The number of nitrogens with one attached hydrogen (secondary N) is 2. The molecule has 0 spiro atoms. The molecule has 80 valence electrons. The lowest BCUT2D eigenvalue weighted by Gasteiger charge is -2.25. The first-order valence-corrected chi connectivity index (χ1v) is 5.65. The van der Waals surface area contributed by atoms with Gasteiger partial charge in [0.15, 0.2) is 0 Å². The summed E-state index contributed by atoms with van der Waals surface area (Å²) in [6.45, 7) is 5.03. The lowest BCUT2D eigenvalue weighted by atomic mass is 10.1. The van der Waals surface area contributed by atoms with Crippen LogP contribution >= 0.6 is 0 Å². The van der Waals surface area contributed by atoms with Crippen LogP contribution in [0.4, 0.5) is 0 Å². The molecule has 0 aromatic carbocycles. The van der Waals surface area contributed by atoms with Gasteiger partial charge in [-0.3, -0.25) is 0 Å². The van der Waals surface area contributed by atoms with Gasteiger partial charge in [-0.2, -0.15) is 0 Å². The van der Waals surface area contributed by atoms with E-state index in [1.165, 1.54) is 25.0 Å². The predicted molar refractivity (Wildman–Crippen MR) is 57.4 cm³/mol. The Morgan fingerprint density at radius 1 is 1.57 bits per heavy atom. The van der Waals surface area contributed by atoms with Gasteiger partial charge in [-0.15, -0.1) is 0 Å². The van der Waals surface area contributed by atoms with Crippen molar-refractivity contribution in [1.29, 1.82) is 0 Å². The minimum atomic E-state index is 0.659. The van der Waals surface area contributed by atoms with Crippen LogP contribution < -0.4 is 10.6 Å². The minimum Gasteiger partial charge on any atom is -0.377 e. The zero-order valence-electron chi connectivity index (χ0n) is 8.72. The van der Waals surface area contributed by atoms with Crippen LogP contribution in [-0.4, -0.2) is 38.9 Å². The number of hydrogen-bond acceptors (Lipinski definition) is 3. The predicted octanol–water partition coefficient (Wildman–Crippen LogP) is 0.675. The Morgan fingerprint density at radius 2 is 2.57 bits per heavy atom. The van der Waals surface area contributed by atoms with E-state index in [2.05, 4.69) is 16.7 Å². The van der Waals surface area contributed by atoms with E-state index in [4.69, 9.17) is 4.74 Å². The Balaban J connectivity index is 1.67. The number of ether oxygens (including phenoxy) is 1. The summed E-state index contributed by atoms with van der Waals surface area (Å²) in [7, 11) is 0. The van der Waals surface area contributed by atoms with Crippen LogP contribution in [0.25, 0.3) is 0 Å². The Hall–Kier alpha value is -0.380. The summed E-state index contributed by atoms with van der Waals surface area (Å²) in [5.41, 5.74) is 1.42. The SMILES string of the molecule is C1=C(CNC2CCCNC2)COCC1. The van der Waals surface area contributed by atoms with Gasteiger partial charge in [0.2, 0.25) is 0 Å². The summed E-state index contributed by atoms with van der Waals surface area (Å²) in [5.74, 6) is 0. The smallest absolute Gasteiger partial charge is 0.0689 e. The highest BCUT2D eigenvalue weighted by molar-refractivity contribution is 5.07. The molecule has 2 aliphatic rings. The molecule has 2 N–H and O–H groups in total. The third-order valence-corrected chi connectivity index (χ3v) is 2.90. The summed E-state index contributed by atoms with van der Waals surface area (Å²) < 4.78 is 5.40. The maximum atomic E-state index is 5.40. The number of hydrogen-bond donors (Lipinski definition) is 2. The average Bonchev–Trinajstić information content (AvgIpc) is 2.29. The van der Waals surface area contributed by atoms with Gasteiger partial charge in [0.1, 0.15) is 0 Å². The Morgan fingerprint density at radius 3 is 3.29 bits per heavy atom. The summed E-state index contributed by atoms with van der Waals surface area (Å²) in [4.78, 5) is 0. The Labute approximate surface area is 85.9 Å². The molecule has 0 aliphatic carbocycles. The zero-order valence-corrected chi connectivity index (χ0v) is 8.72. The van der Waals surface area contributed by atoms with Crippen molar-refractivity contribution >= 4 is 0 Å². The second kappa shape index (κ2) is 5.49. The molecule has 2 heterocycles. The fraction of sp³-hybridized carbons (Fsp3) is 0.818. The third kappa shape index (κ3) is 3.08. The first-order valence-electron chi connectivity index (χ1n) is 5.65. The van der Waals surface area contributed by atoms with E-state index in [1.807, 2.05) is 0 Å². The van der Waals surface area contributed by atoms with Crippen LogP contribution in [0.2, 0.25) is 0 Å². The van der Waals surface area contributed by atoms with Crippen molar-refractivity contribution in [3.63, 3.8) is 0 Å². The van der Waals surface area contributed by atoms with Gasteiger partial charge in [-0.05, 0) is 31.4 Å². The average molecular weight is 196 g/mol. The van der Waals surface area contributed by atoms with E-state index in [-0.39, 0.29) is 0 Å². The molecule has 3 heteroatoms. The van der Waals surface area contributed by atoms with Crippen molar-refractivity contribution in [3.8, 4) is 0 Å². The lowest BCUT2D eigenvalue weighted by molar-refractivity contribution is 0.148. The maximum absolute atomic E-state index is 5.40. The van der Waals surface area contributed by atoms with Gasteiger partial charge in [0, 0.05) is 19.1 Å². The monoisotopic (exact) mass is 196 g/mol. The Bertz CT molecular complexity index is 197. The molecule has 1 unspecified atom stereocenters. The van der Waals surface area contributed by atoms with Crippen LogP contribution in [-0.2, 0) is 4.74 Å². The molecule has 2 rings (SSSR count). The molecule has 0 amide bonds. The molecule has 0 aromatic heterocycles. The van der Waals surface area contributed by atoms with Crippen molar-refractivity contribution in [2.45, 2.75) is 25.3 Å². The van der Waals surface area contributed by atoms with Gasteiger partial charge >= 0.3 is 0 Å². The topological polar surface area (TPSA) is 33.3 Å². The van der Waals surface area contributed by atoms with Crippen LogP contribution in [0.15, 0.2) is 11.6 Å². The molecule has 1 atom stereocenters. The molecule has 0 bridgehead atoms. The van der Waals surface area contributed by atoms with Crippen LogP contribution in [0.1, 0.15) is 19.3 Å². The molecule has 3 nitrogen and oxygen atoms in total. The van der Waals surface area contributed by atoms with E-state index in [0.29, 0.717) is 6.04 Å². The summed E-state index contributed by atoms with van der Waals surface area (Å²) in [6.07, 6.45) is 6.00. The molecule has 0 radical (unpaired) electrons. The lowest BCUT2D eigenvalue weighted by Crippen LogP contribution is -2.44. The van der Waals surface area contributed by atoms with Crippen molar-refractivity contribution < 1.29 is 4.74 Å². The molecule has 1 saturated heterocycles. The van der Waals surface area contributed by atoms with Gasteiger partial charge in [0.25, 0.3) is 0 Å². The normalized spacial score (nSPS) is 28.6. The van der Waals surface area contributed by atoms with E-state index in [0.717, 1.165) is 32.7 Å². The fourth-order valence-electron chi connectivity index (χ4n) is 2.03. The molecule has 2 aliphatic heterocycles. The van der Waals surface area contributed by atoms with E-state index >= 15 is 0 Å². The van der Waals surface area contributed by atoms with Crippen molar-refractivity contribution in [2.75, 3.05) is 32.8 Å². The second-order valence-corrected chi connectivity index (χ2v) is 4.13. The third-order valence-electron chi connectivity index (χ3n) is 2.90. The van der Waals surface area contributed by atoms with Crippen LogP contribution in [0.5, 0.6) is 0 Å². The molecular weight excluding hydrogens is 176 g/mol. The van der Waals surface area contributed by atoms with Gasteiger partial charge in [-0.1, -0.05) is 6.08 Å². The van der Waals surface area contributed by atoms with Gasteiger partial charge in [0.05, 0.1) is 13.2 Å². The largest absolute Gasteiger partial charge is 0.377 e. The molecule has 1 fully saturated rings. The number of piperidine rings is 1. The first-order chi connectivity index (χ1) is 6.95. The van der Waals surface area contributed by atoms with Gasteiger partial charge < -0.3 is 15.4 Å². The molecular formula is C11H20N2O. The summed E-state index contributed by atoms with van der Waals surface area (Å²) in [6, 6.07) is 0.659. The number of rotatable bonds is 3. The van der Waals surface area contributed by atoms with Crippen LogP contribution in [0, 0.1) is 0 Å². The fourth-order valence-corrected chi connectivity index (χ4v) is 2.03. The van der Waals surface area contributed by atoms with Crippen molar-refractivity contribution in [3.05, 3.63) is 11.6 Å². The van der Waals surface area contributed by atoms with Crippen molar-refractivity contribution in [2.24, 2.45) is 0 Å². The maximum Gasteiger partial charge on any atom is 0.0689 e. The highest BCUT2D eigenvalue weighted by atomic mass is 16.5.